The van der Waals surface area contributed by atoms with Gasteiger partial charge in [-0.25, -0.2) is 0 Å². The molecule has 312 valence electrons. The molecule has 0 radical (unpaired) electrons. The number of nitrogens with zero attached hydrogens (tertiary/aromatic N) is 1. The van der Waals surface area contributed by atoms with Crippen LogP contribution in [0.3, 0.4) is 0 Å². The highest BCUT2D eigenvalue weighted by Gasteiger charge is 2.46. The molecule has 0 N–H and O–H groups in total. The molecular formula is C64H51N. The van der Waals surface area contributed by atoms with Crippen molar-refractivity contribution < 1.29 is 0 Å². The summed E-state index contributed by atoms with van der Waals surface area (Å²) in [6.45, 7) is 0. The zero-order valence-corrected chi connectivity index (χ0v) is 36.7. The van der Waals surface area contributed by atoms with Crippen LogP contribution in [-0.4, -0.2) is 0 Å². The van der Waals surface area contributed by atoms with Crippen LogP contribution in [0.2, 0.25) is 0 Å². The Bertz CT molecular complexity index is 3150. The molecule has 2 atom stereocenters. The average molecular weight is 834 g/mol. The van der Waals surface area contributed by atoms with Gasteiger partial charge in [-0.15, -0.1) is 0 Å². The summed E-state index contributed by atoms with van der Waals surface area (Å²) >= 11 is 0. The first kappa shape index (κ1) is 38.3. The van der Waals surface area contributed by atoms with E-state index in [0.717, 1.165) is 17.5 Å². The molecule has 0 amide bonds. The van der Waals surface area contributed by atoms with Gasteiger partial charge in [-0.1, -0.05) is 188 Å². The molecule has 2 fully saturated rings. The second kappa shape index (κ2) is 15.5. The number of rotatable bonds is 7. The topological polar surface area (TPSA) is 3.24 Å². The minimum atomic E-state index is -0.512. The van der Waals surface area contributed by atoms with Crippen LogP contribution in [0.4, 0.5) is 17.1 Å². The molecule has 14 rings (SSSR count). The first-order valence-corrected chi connectivity index (χ1v) is 23.8. The third-order valence-electron chi connectivity index (χ3n) is 15.7. The molecule has 0 aliphatic heterocycles. The lowest BCUT2D eigenvalue weighted by Gasteiger charge is -2.42. The summed E-state index contributed by atoms with van der Waals surface area (Å²) < 4.78 is 0. The first-order chi connectivity index (χ1) is 32.2. The summed E-state index contributed by atoms with van der Waals surface area (Å²) in [4.78, 5) is 2.60. The number of hydrogen-bond acceptors (Lipinski definition) is 1. The molecule has 0 spiro atoms. The summed E-state index contributed by atoms with van der Waals surface area (Å²) in [5.74, 6) is 2.76. The zero-order valence-electron chi connectivity index (χ0n) is 36.7. The van der Waals surface area contributed by atoms with Crippen molar-refractivity contribution in [3.8, 4) is 44.5 Å². The summed E-state index contributed by atoms with van der Waals surface area (Å²) in [5, 5.41) is 0. The Labute approximate surface area is 383 Å². The standard InChI is InChI=1S/C64H51N/c1-5-17-45(18-6-1)47-29-34-63(60(40-47)46-19-7-2-8-20-46)65(52-30-32-56-55-26-14-13-25-54(55)48-36-43-35-44(37-48)39-49(38-43)59(56)41-52)53-31-33-58-57-27-15-16-28-61(57)64(62(58)42-53,50-21-9-3-10-22-50)51-23-11-4-12-24-51/h1-34,40-44,48-49H,35-39H2. The Morgan fingerprint density at radius 3 is 1.51 bits per heavy atom. The molecule has 1 heteroatoms. The Balaban J connectivity index is 1.09. The van der Waals surface area contributed by atoms with Gasteiger partial charge >= 0.3 is 0 Å². The van der Waals surface area contributed by atoms with Gasteiger partial charge in [0.15, 0.2) is 0 Å². The first-order valence-electron chi connectivity index (χ1n) is 23.8. The van der Waals surface area contributed by atoms with Crippen molar-refractivity contribution in [2.75, 3.05) is 4.90 Å². The van der Waals surface area contributed by atoms with Gasteiger partial charge < -0.3 is 4.90 Å². The summed E-state index contributed by atoms with van der Waals surface area (Å²) in [6.07, 6.45) is 6.62. The molecule has 0 aromatic heterocycles. The van der Waals surface area contributed by atoms with Gasteiger partial charge in [-0.05, 0) is 164 Å². The predicted molar refractivity (Wildman–Crippen MR) is 270 cm³/mol. The Morgan fingerprint density at radius 1 is 0.323 bits per heavy atom. The van der Waals surface area contributed by atoms with Crippen molar-refractivity contribution in [1.82, 2.24) is 0 Å². The van der Waals surface area contributed by atoms with Gasteiger partial charge in [0.25, 0.3) is 0 Å². The van der Waals surface area contributed by atoms with E-state index in [0.29, 0.717) is 11.8 Å². The van der Waals surface area contributed by atoms with Crippen molar-refractivity contribution in [2.24, 2.45) is 11.8 Å². The molecule has 0 heterocycles. The molecule has 2 saturated carbocycles. The minimum absolute atomic E-state index is 0.512. The molecule has 9 aromatic rings. The monoisotopic (exact) mass is 833 g/mol. The highest BCUT2D eigenvalue weighted by molar-refractivity contribution is 5.94. The smallest absolute Gasteiger partial charge is 0.0714 e. The SMILES string of the molecule is c1ccc(-c2ccc(N(c3ccc4c(c3)C3CC5CC(CC(C5)c5ccccc5-4)C3)c3ccc4c(c3)C(c3ccccc3)(c3ccccc3)c3ccccc3-4)c(-c3ccccc3)c2)cc1. The summed E-state index contributed by atoms with van der Waals surface area (Å²) in [6, 6.07) is 84.8. The normalized spacial score (nSPS) is 19.5. The highest BCUT2D eigenvalue weighted by Crippen LogP contribution is 2.59. The molecule has 4 bridgehead atoms. The van der Waals surface area contributed by atoms with E-state index in [2.05, 4.69) is 229 Å². The highest BCUT2D eigenvalue weighted by atomic mass is 15.1. The van der Waals surface area contributed by atoms with Crippen molar-refractivity contribution in [3.63, 3.8) is 0 Å². The lowest BCUT2D eigenvalue weighted by Crippen LogP contribution is -2.29. The molecule has 65 heavy (non-hydrogen) atoms. The maximum absolute atomic E-state index is 2.62. The zero-order chi connectivity index (χ0) is 42.9. The fourth-order valence-corrected chi connectivity index (χ4v) is 13.1. The number of anilines is 3. The van der Waals surface area contributed by atoms with Gasteiger partial charge in [0.1, 0.15) is 0 Å². The number of hydrogen-bond donors (Lipinski definition) is 0. The van der Waals surface area contributed by atoms with E-state index in [1.165, 1.54) is 116 Å². The molecule has 5 aliphatic carbocycles. The van der Waals surface area contributed by atoms with Crippen molar-refractivity contribution in [3.05, 3.63) is 258 Å². The average Bonchev–Trinajstić information content (AvgIpc) is 3.70. The maximum atomic E-state index is 2.62. The van der Waals surface area contributed by atoms with Crippen LogP contribution >= 0.6 is 0 Å². The second-order valence-corrected chi connectivity index (χ2v) is 19.2. The minimum Gasteiger partial charge on any atom is -0.310 e. The van der Waals surface area contributed by atoms with E-state index in [4.69, 9.17) is 0 Å². The fourth-order valence-electron chi connectivity index (χ4n) is 13.1. The lowest BCUT2D eigenvalue weighted by molar-refractivity contribution is 0.153. The lowest BCUT2D eigenvalue weighted by atomic mass is 9.63. The van der Waals surface area contributed by atoms with Crippen LogP contribution in [0.5, 0.6) is 0 Å². The predicted octanol–water partition coefficient (Wildman–Crippen LogP) is 16.9. The summed E-state index contributed by atoms with van der Waals surface area (Å²) in [7, 11) is 0. The summed E-state index contributed by atoms with van der Waals surface area (Å²) in [5.41, 5.74) is 21.6. The van der Waals surface area contributed by atoms with Gasteiger partial charge in [0.2, 0.25) is 0 Å². The van der Waals surface area contributed by atoms with Gasteiger partial charge in [-0.3, -0.25) is 0 Å². The fraction of sp³-hybridized carbons (Fsp3) is 0.156. The van der Waals surface area contributed by atoms with Crippen molar-refractivity contribution in [1.29, 1.82) is 0 Å². The molecule has 0 saturated heterocycles. The van der Waals surface area contributed by atoms with E-state index in [-0.39, 0.29) is 0 Å². The molecular weight excluding hydrogens is 783 g/mol. The van der Waals surface area contributed by atoms with Crippen LogP contribution in [0.1, 0.15) is 77.3 Å². The van der Waals surface area contributed by atoms with Crippen LogP contribution in [-0.2, 0) is 5.41 Å². The van der Waals surface area contributed by atoms with Crippen LogP contribution in [0.25, 0.3) is 44.5 Å². The Morgan fingerprint density at radius 2 is 0.831 bits per heavy atom. The van der Waals surface area contributed by atoms with Crippen LogP contribution in [0, 0.1) is 11.8 Å². The molecule has 5 aliphatic rings. The Kier molecular flexibility index (Phi) is 9.12. The third kappa shape index (κ3) is 6.20. The van der Waals surface area contributed by atoms with Crippen LogP contribution in [0.15, 0.2) is 224 Å². The quantitative estimate of drug-likeness (QED) is 0.155. The third-order valence-corrected chi connectivity index (χ3v) is 15.7. The van der Waals surface area contributed by atoms with E-state index in [1.807, 2.05) is 0 Å². The van der Waals surface area contributed by atoms with E-state index in [9.17, 15) is 0 Å². The number of fused-ring (bicyclic) bond motifs is 3. The van der Waals surface area contributed by atoms with Crippen molar-refractivity contribution in [2.45, 2.75) is 49.4 Å². The number of benzene rings is 9. The second-order valence-electron chi connectivity index (χ2n) is 19.2. The molecule has 1 nitrogen and oxygen atoms in total. The van der Waals surface area contributed by atoms with Crippen LogP contribution < -0.4 is 4.90 Å². The van der Waals surface area contributed by atoms with Crippen molar-refractivity contribution >= 4 is 17.1 Å². The van der Waals surface area contributed by atoms with Gasteiger partial charge in [0, 0.05) is 16.9 Å². The molecule has 9 aromatic carbocycles. The van der Waals surface area contributed by atoms with E-state index >= 15 is 0 Å². The maximum Gasteiger partial charge on any atom is 0.0714 e. The largest absolute Gasteiger partial charge is 0.310 e. The van der Waals surface area contributed by atoms with Gasteiger partial charge in [0.05, 0.1) is 11.1 Å². The van der Waals surface area contributed by atoms with Gasteiger partial charge in [-0.2, -0.15) is 0 Å². The van der Waals surface area contributed by atoms with E-state index < -0.39 is 5.41 Å². The Hall–Kier alpha value is -7.22. The van der Waals surface area contributed by atoms with E-state index in [1.54, 1.807) is 5.56 Å². The molecule has 2 unspecified atom stereocenters.